The van der Waals surface area contributed by atoms with Gasteiger partial charge in [0.1, 0.15) is 0 Å². The van der Waals surface area contributed by atoms with Crippen LogP contribution in [0.3, 0.4) is 0 Å². The van der Waals surface area contributed by atoms with Gasteiger partial charge in [0.2, 0.25) is 0 Å². The standard InChI is InChI=1S/C18H20S/c1-17(2)13-9-5-7-11-15(13)19-16-12-8-6-10-14(16)18(17,3)4/h5-12H,1-4H3. The third-order valence-corrected chi connectivity index (χ3v) is 6.06. The summed E-state index contributed by atoms with van der Waals surface area (Å²) in [4.78, 5) is 2.79. The predicted octanol–water partition coefficient (Wildman–Crippen LogP) is 5.41. The van der Waals surface area contributed by atoms with Crippen LogP contribution < -0.4 is 0 Å². The van der Waals surface area contributed by atoms with Gasteiger partial charge in [0.25, 0.3) is 0 Å². The van der Waals surface area contributed by atoms with Crippen LogP contribution in [0.1, 0.15) is 38.8 Å². The van der Waals surface area contributed by atoms with Crippen molar-refractivity contribution in [2.75, 3.05) is 0 Å². The Morgan fingerprint density at radius 2 is 1.00 bits per heavy atom. The van der Waals surface area contributed by atoms with Crippen molar-refractivity contribution < 1.29 is 0 Å². The largest absolute Gasteiger partial charge is 0.0895 e. The minimum absolute atomic E-state index is 0.114. The second kappa shape index (κ2) is 4.14. The van der Waals surface area contributed by atoms with E-state index in [0.29, 0.717) is 0 Å². The van der Waals surface area contributed by atoms with E-state index in [0.717, 1.165) is 0 Å². The van der Waals surface area contributed by atoms with Gasteiger partial charge >= 0.3 is 0 Å². The molecule has 0 saturated heterocycles. The summed E-state index contributed by atoms with van der Waals surface area (Å²) >= 11 is 1.91. The average molecular weight is 268 g/mol. The second-order valence-electron chi connectivity index (χ2n) is 6.34. The number of benzene rings is 2. The molecule has 0 amide bonds. The molecule has 3 rings (SSSR count). The lowest BCUT2D eigenvalue weighted by molar-refractivity contribution is 0.296. The highest BCUT2D eigenvalue weighted by molar-refractivity contribution is 7.99. The van der Waals surface area contributed by atoms with Crippen LogP contribution in [0.2, 0.25) is 0 Å². The quantitative estimate of drug-likeness (QED) is 0.616. The summed E-state index contributed by atoms with van der Waals surface area (Å²) in [6.07, 6.45) is 0. The van der Waals surface area contributed by atoms with E-state index in [1.165, 1.54) is 20.9 Å². The van der Waals surface area contributed by atoms with Crippen LogP contribution in [0.5, 0.6) is 0 Å². The Morgan fingerprint density at radius 1 is 0.632 bits per heavy atom. The molecule has 2 aromatic carbocycles. The molecule has 0 radical (unpaired) electrons. The topological polar surface area (TPSA) is 0 Å². The third kappa shape index (κ3) is 1.75. The van der Waals surface area contributed by atoms with Gasteiger partial charge < -0.3 is 0 Å². The Kier molecular flexibility index (Phi) is 2.79. The molecular formula is C18H20S. The van der Waals surface area contributed by atoms with Crippen molar-refractivity contribution in [1.29, 1.82) is 0 Å². The number of rotatable bonds is 0. The van der Waals surface area contributed by atoms with Crippen molar-refractivity contribution >= 4 is 11.8 Å². The van der Waals surface area contributed by atoms with E-state index >= 15 is 0 Å². The minimum Gasteiger partial charge on any atom is -0.0895 e. The Balaban J connectivity index is 2.35. The van der Waals surface area contributed by atoms with E-state index in [4.69, 9.17) is 0 Å². The van der Waals surface area contributed by atoms with Gasteiger partial charge in [-0.1, -0.05) is 75.9 Å². The van der Waals surface area contributed by atoms with Crippen LogP contribution in [-0.4, -0.2) is 0 Å². The lowest BCUT2D eigenvalue weighted by Crippen LogP contribution is -2.40. The number of hydrogen-bond acceptors (Lipinski definition) is 1. The fourth-order valence-electron chi connectivity index (χ4n) is 2.94. The maximum atomic E-state index is 2.37. The first-order valence-corrected chi connectivity index (χ1v) is 7.63. The summed E-state index contributed by atoms with van der Waals surface area (Å²) in [5, 5.41) is 0. The lowest BCUT2D eigenvalue weighted by atomic mass is 9.61. The molecule has 19 heavy (non-hydrogen) atoms. The first-order valence-electron chi connectivity index (χ1n) is 6.81. The average Bonchev–Trinajstić information content (AvgIpc) is 2.45. The van der Waals surface area contributed by atoms with Crippen LogP contribution in [0.25, 0.3) is 0 Å². The van der Waals surface area contributed by atoms with Crippen molar-refractivity contribution in [2.45, 2.75) is 48.3 Å². The van der Waals surface area contributed by atoms with Gasteiger partial charge in [0.15, 0.2) is 0 Å². The Hall–Kier alpha value is -1.21. The van der Waals surface area contributed by atoms with Crippen LogP contribution in [0, 0.1) is 0 Å². The van der Waals surface area contributed by atoms with Gasteiger partial charge in [-0.25, -0.2) is 0 Å². The zero-order chi connectivity index (χ0) is 13.7. The Bertz CT molecular complexity index is 568. The van der Waals surface area contributed by atoms with Crippen LogP contribution in [-0.2, 0) is 10.8 Å². The second-order valence-corrected chi connectivity index (χ2v) is 7.43. The summed E-state index contributed by atoms with van der Waals surface area (Å²) in [6.45, 7) is 9.48. The van der Waals surface area contributed by atoms with Gasteiger partial charge in [-0.15, -0.1) is 0 Å². The third-order valence-electron chi connectivity index (χ3n) is 4.90. The number of hydrogen-bond donors (Lipinski definition) is 0. The van der Waals surface area contributed by atoms with E-state index < -0.39 is 0 Å². The van der Waals surface area contributed by atoms with Crippen LogP contribution >= 0.6 is 11.8 Å². The molecule has 0 saturated carbocycles. The van der Waals surface area contributed by atoms with Gasteiger partial charge in [-0.3, -0.25) is 0 Å². The highest BCUT2D eigenvalue weighted by Crippen LogP contribution is 2.53. The van der Waals surface area contributed by atoms with E-state index in [2.05, 4.69) is 76.2 Å². The van der Waals surface area contributed by atoms with Crippen molar-refractivity contribution in [2.24, 2.45) is 0 Å². The Labute approximate surface area is 120 Å². The maximum Gasteiger partial charge on any atom is 0.0160 e. The highest BCUT2D eigenvalue weighted by atomic mass is 32.2. The van der Waals surface area contributed by atoms with Gasteiger partial charge in [-0.2, -0.15) is 0 Å². The molecule has 1 aliphatic rings. The van der Waals surface area contributed by atoms with E-state index in [-0.39, 0.29) is 10.8 Å². The fourth-order valence-corrected chi connectivity index (χ4v) is 4.33. The van der Waals surface area contributed by atoms with Crippen molar-refractivity contribution in [3.05, 3.63) is 59.7 Å². The summed E-state index contributed by atoms with van der Waals surface area (Å²) < 4.78 is 0. The zero-order valence-corrected chi connectivity index (χ0v) is 12.8. The molecule has 0 aliphatic carbocycles. The molecule has 0 aromatic heterocycles. The lowest BCUT2D eigenvalue weighted by Gasteiger charge is -2.42. The van der Waals surface area contributed by atoms with Gasteiger partial charge in [0.05, 0.1) is 0 Å². The summed E-state index contributed by atoms with van der Waals surface area (Å²) in [5.41, 5.74) is 3.15. The van der Waals surface area contributed by atoms with Crippen LogP contribution in [0.15, 0.2) is 58.3 Å². The number of fused-ring (bicyclic) bond motifs is 2. The molecule has 0 fully saturated rings. The summed E-state index contributed by atoms with van der Waals surface area (Å²) in [7, 11) is 0. The molecule has 0 bridgehead atoms. The molecule has 0 N–H and O–H groups in total. The van der Waals surface area contributed by atoms with Crippen LogP contribution in [0.4, 0.5) is 0 Å². The predicted molar refractivity (Wildman–Crippen MR) is 83.1 cm³/mol. The molecule has 1 heterocycles. The monoisotopic (exact) mass is 268 g/mol. The molecule has 0 nitrogen and oxygen atoms in total. The van der Waals surface area contributed by atoms with Gasteiger partial charge in [-0.05, 0) is 34.1 Å². The Morgan fingerprint density at radius 3 is 1.42 bits per heavy atom. The van der Waals surface area contributed by atoms with Gasteiger partial charge in [0, 0.05) is 9.79 Å². The van der Waals surface area contributed by atoms with Crippen molar-refractivity contribution in [1.82, 2.24) is 0 Å². The summed E-state index contributed by atoms with van der Waals surface area (Å²) in [6, 6.07) is 17.7. The summed E-state index contributed by atoms with van der Waals surface area (Å²) in [5.74, 6) is 0. The smallest absolute Gasteiger partial charge is 0.0160 e. The first-order chi connectivity index (χ1) is 8.94. The molecule has 2 aromatic rings. The minimum atomic E-state index is 0.114. The van der Waals surface area contributed by atoms with Crippen molar-refractivity contribution in [3.63, 3.8) is 0 Å². The molecule has 0 atom stereocenters. The molecule has 1 aliphatic heterocycles. The van der Waals surface area contributed by atoms with E-state index in [1.807, 2.05) is 11.8 Å². The fraction of sp³-hybridized carbons (Fsp3) is 0.333. The first kappa shape index (κ1) is 12.8. The normalized spacial score (nSPS) is 19.2. The van der Waals surface area contributed by atoms with E-state index in [1.54, 1.807) is 0 Å². The molecule has 1 heteroatoms. The molecule has 0 spiro atoms. The zero-order valence-electron chi connectivity index (χ0n) is 12.0. The SMILES string of the molecule is CC1(C)c2ccccc2Sc2ccccc2C1(C)C. The maximum absolute atomic E-state index is 2.37. The molecule has 0 unspecified atom stereocenters. The highest BCUT2D eigenvalue weighted by Gasteiger charge is 2.43. The molecular weight excluding hydrogens is 248 g/mol. The van der Waals surface area contributed by atoms with Crippen molar-refractivity contribution in [3.8, 4) is 0 Å². The van der Waals surface area contributed by atoms with E-state index in [9.17, 15) is 0 Å². The molecule has 98 valence electrons.